The van der Waals surface area contributed by atoms with Crippen molar-refractivity contribution in [1.29, 1.82) is 0 Å². The van der Waals surface area contributed by atoms with Gasteiger partial charge in [-0.1, -0.05) is 6.92 Å². The van der Waals surface area contributed by atoms with Gasteiger partial charge in [0.1, 0.15) is 5.54 Å². The molecule has 4 rings (SSSR count). The summed E-state index contributed by atoms with van der Waals surface area (Å²) in [5.74, 6) is -1.50. The zero-order valence-electron chi connectivity index (χ0n) is 18.2. The van der Waals surface area contributed by atoms with E-state index >= 15 is 0 Å². The Morgan fingerprint density at radius 3 is 2.50 bits per heavy atom. The first-order chi connectivity index (χ1) is 15.2. The second-order valence-corrected chi connectivity index (χ2v) is 8.54. The Balaban J connectivity index is 1.36. The molecule has 1 aromatic heterocycles. The molecule has 1 spiro atoms. The molecule has 2 aliphatic rings. The van der Waals surface area contributed by atoms with Gasteiger partial charge in [0.25, 0.3) is 11.8 Å². The summed E-state index contributed by atoms with van der Waals surface area (Å²) in [6, 6.07) is 4.06. The molecule has 2 heterocycles. The lowest BCUT2D eigenvalue weighted by molar-refractivity contribution is -0.141. The van der Waals surface area contributed by atoms with Gasteiger partial charge in [0.2, 0.25) is 0 Å². The number of ether oxygens (including phenoxy) is 1. The zero-order valence-corrected chi connectivity index (χ0v) is 18.2. The van der Waals surface area contributed by atoms with Crippen molar-refractivity contribution in [3.8, 4) is 0 Å². The SMILES string of the molecule is Cc1nc2ccc(C(=O)OCC(=O)NN3C(=O)NC4(CCC(C)CC4)C3=O)cc2nc1C. The molecule has 0 radical (unpaired) electrons. The highest BCUT2D eigenvalue weighted by Gasteiger charge is 2.52. The number of nitrogens with one attached hydrogen (secondary N) is 2. The molecule has 2 fully saturated rings. The third-order valence-corrected chi connectivity index (χ3v) is 6.17. The maximum Gasteiger partial charge on any atom is 0.344 e. The number of aryl methyl sites for hydroxylation is 2. The van der Waals surface area contributed by atoms with Crippen molar-refractivity contribution in [2.45, 2.75) is 52.0 Å². The van der Waals surface area contributed by atoms with Crippen molar-refractivity contribution in [1.82, 2.24) is 25.7 Å². The summed E-state index contributed by atoms with van der Waals surface area (Å²) in [5, 5.41) is 3.40. The van der Waals surface area contributed by atoms with Crippen LogP contribution in [0, 0.1) is 19.8 Å². The molecule has 168 valence electrons. The molecule has 0 unspecified atom stereocenters. The van der Waals surface area contributed by atoms with E-state index in [1.807, 2.05) is 13.8 Å². The predicted molar refractivity (Wildman–Crippen MR) is 113 cm³/mol. The van der Waals surface area contributed by atoms with E-state index < -0.39 is 36.0 Å². The standard InChI is InChI=1S/C22H25N5O5/c1-12-6-8-22(9-7-12)20(30)27(21(31)25-22)26-18(28)11-32-19(29)15-4-5-16-17(10-15)24-14(3)13(2)23-16/h4-5,10,12H,6-9,11H2,1-3H3,(H,25,31)(H,26,28). The zero-order chi connectivity index (χ0) is 23.0. The van der Waals surface area contributed by atoms with Crippen LogP contribution in [-0.2, 0) is 14.3 Å². The third-order valence-electron chi connectivity index (χ3n) is 6.17. The molecule has 1 saturated carbocycles. The first-order valence-electron chi connectivity index (χ1n) is 10.6. The molecule has 1 saturated heterocycles. The smallest absolute Gasteiger partial charge is 0.344 e. The number of urea groups is 1. The number of carbonyl (C=O) groups is 4. The van der Waals surface area contributed by atoms with E-state index in [1.165, 1.54) is 6.07 Å². The fraction of sp³-hybridized carbons (Fsp3) is 0.455. The van der Waals surface area contributed by atoms with Gasteiger partial charge >= 0.3 is 12.0 Å². The van der Waals surface area contributed by atoms with Crippen LogP contribution in [0.15, 0.2) is 18.2 Å². The third kappa shape index (κ3) is 4.00. The van der Waals surface area contributed by atoms with Crippen molar-refractivity contribution < 1.29 is 23.9 Å². The van der Waals surface area contributed by atoms with Crippen LogP contribution in [0.1, 0.15) is 54.4 Å². The number of hydrogen-bond acceptors (Lipinski definition) is 7. The van der Waals surface area contributed by atoms with Crippen molar-refractivity contribution in [3.05, 3.63) is 35.2 Å². The highest BCUT2D eigenvalue weighted by atomic mass is 16.5. The lowest BCUT2D eigenvalue weighted by atomic mass is 9.77. The first kappa shape index (κ1) is 21.7. The van der Waals surface area contributed by atoms with Crippen LogP contribution < -0.4 is 10.7 Å². The van der Waals surface area contributed by atoms with Crippen molar-refractivity contribution in [2.75, 3.05) is 6.61 Å². The van der Waals surface area contributed by atoms with Crippen LogP contribution in [0.3, 0.4) is 0 Å². The van der Waals surface area contributed by atoms with Crippen LogP contribution in [0.5, 0.6) is 0 Å². The number of hydrazine groups is 1. The maximum absolute atomic E-state index is 12.8. The predicted octanol–water partition coefficient (Wildman–Crippen LogP) is 1.94. The Morgan fingerprint density at radius 2 is 1.81 bits per heavy atom. The van der Waals surface area contributed by atoms with Crippen LogP contribution in [-0.4, -0.2) is 50.9 Å². The van der Waals surface area contributed by atoms with Gasteiger partial charge in [-0.15, -0.1) is 0 Å². The summed E-state index contributed by atoms with van der Waals surface area (Å²) < 4.78 is 5.06. The largest absolute Gasteiger partial charge is 0.452 e. The highest BCUT2D eigenvalue weighted by Crippen LogP contribution is 2.35. The summed E-state index contributed by atoms with van der Waals surface area (Å²) >= 11 is 0. The minimum atomic E-state index is -0.962. The Bertz CT molecular complexity index is 1120. The molecule has 0 atom stereocenters. The van der Waals surface area contributed by atoms with Gasteiger partial charge < -0.3 is 10.1 Å². The average Bonchev–Trinajstić information content (AvgIpc) is 2.99. The molecule has 1 aliphatic heterocycles. The summed E-state index contributed by atoms with van der Waals surface area (Å²) in [6.07, 6.45) is 2.70. The summed E-state index contributed by atoms with van der Waals surface area (Å²) in [5.41, 5.74) is 4.24. The molecule has 1 aromatic carbocycles. The Kier molecular flexibility index (Phi) is 5.53. The Labute approximate surface area is 184 Å². The normalized spacial score (nSPS) is 22.8. The molecule has 2 aromatic rings. The fourth-order valence-electron chi connectivity index (χ4n) is 4.04. The number of nitrogens with zero attached hydrogens (tertiary/aromatic N) is 3. The van der Waals surface area contributed by atoms with Gasteiger partial charge in [0.05, 0.1) is 28.0 Å². The summed E-state index contributed by atoms with van der Waals surface area (Å²) in [7, 11) is 0. The van der Waals surface area contributed by atoms with Gasteiger partial charge in [-0.2, -0.15) is 5.01 Å². The van der Waals surface area contributed by atoms with Crippen molar-refractivity contribution in [3.63, 3.8) is 0 Å². The maximum atomic E-state index is 12.8. The molecule has 10 heteroatoms. The van der Waals surface area contributed by atoms with E-state index in [0.717, 1.165) is 24.2 Å². The number of carbonyl (C=O) groups excluding carboxylic acids is 4. The Hall–Kier alpha value is -3.56. The highest BCUT2D eigenvalue weighted by molar-refractivity contribution is 6.08. The number of fused-ring (bicyclic) bond motifs is 1. The number of amides is 4. The number of imide groups is 1. The van der Waals surface area contributed by atoms with Crippen LogP contribution in [0.25, 0.3) is 11.0 Å². The van der Waals surface area contributed by atoms with Crippen molar-refractivity contribution >= 4 is 34.8 Å². The summed E-state index contributed by atoms with van der Waals surface area (Å²) in [4.78, 5) is 58.5. The molecular weight excluding hydrogens is 414 g/mol. The van der Waals surface area contributed by atoms with E-state index in [0.29, 0.717) is 34.8 Å². The van der Waals surface area contributed by atoms with E-state index in [-0.39, 0.29) is 5.56 Å². The molecule has 0 bridgehead atoms. The lowest BCUT2D eigenvalue weighted by Gasteiger charge is -2.33. The fourth-order valence-corrected chi connectivity index (χ4v) is 4.04. The molecular formula is C22H25N5O5. The second kappa shape index (κ2) is 8.18. The molecule has 1 aliphatic carbocycles. The quantitative estimate of drug-likeness (QED) is 0.550. The van der Waals surface area contributed by atoms with Gasteiger partial charge in [-0.25, -0.2) is 19.6 Å². The minimum absolute atomic E-state index is 0.216. The van der Waals surface area contributed by atoms with E-state index in [2.05, 4.69) is 27.6 Å². The van der Waals surface area contributed by atoms with E-state index in [1.54, 1.807) is 12.1 Å². The van der Waals surface area contributed by atoms with Gasteiger partial charge in [0, 0.05) is 0 Å². The van der Waals surface area contributed by atoms with Crippen LogP contribution >= 0.6 is 0 Å². The van der Waals surface area contributed by atoms with Crippen LogP contribution in [0.4, 0.5) is 4.79 Å². The van der Waals surface area contributed by atoms with E-state index in [9.17, 15) is 19.2 Å². The van der Waals surface area contributed by atoms with Crippen LogP contribution in [0.2, 0.25) is 0 Å². The number of esters is 1. The molecule has 2 N–H and O–H groups in total. The topological polar surface area (TPSA) is 131 Å². The first-order valence-corrected chi connectivity index (χ1v) is 10.6. The van der Waals surface area contributed by atoms with E-state index in [4.69, 9.17) is 4.74 Å². The van der Waals surface area contributed by atoms with Gasteiger partial charge in [0.15, 0.2) is 6.61 Å². The number of aromatic nitrogens is 2. The molecule has 10 nitrogen and oxygen atoms in total. The van der Waals surface area contributed by atoms with Crippen molar-refractivity contribution in [2.24, 2.45) is 5.92 Å². The number of benzene rings is 1. The lowest BCUT2D eigenvalue weighted by Crippen LogP contribution is -2.52. The molecule has 32 heavy (non-hydrogen) atoms. The second-order valence-electron chi connectivity index (χ2n) is 8.54. The van der Waals surface area contributed by atoms with Gasteiger partial charge in [-0.3, -0.25) is 15.0 Å². The summed E-state index contributed by atoms with van der Waals surface area (Å²) in [6.45, 7) is 5.14. The number of rotatable bonds is 4. The number of hydrogen-bond donors (Lipinski definition) is 2. The monoisotopic (exact) mass is 439 g/mol. The van der Waals surface area contributed by atoms with Gasteiger partial charge in [-0.05, 0) is 63.6 Å². The molecule has 4 amide bonds. The average molecular weight is 439 g/mol. The Morgan fingerprint density at radius 1 is 1.16 bits per heavy atom. The minimum Gasteiger partial charge on any atom is -0.452 e.